The Balaban J connectivity index is 2.00. The number of benzene rings is 1. The summed E-state index contributed by atoms with van der Waals surface area (Å²) in [7, 11) is 1.86. The van der Waals surface area contributed by atoms with Crippen LogP contribution in [-0.4, -0.2) is 60.2 Å². The lowest BCUT2D eigenvalue weighted by Gasteiger charge is -2.31. The van der Waals surface area contributed by atoms with E-state index in [1.807, 2.05) is 36.2 Å². The molecule has 1 aromatic rings. The predicted octanol–water partition coefficient (Wildman–Crippen LogP) is 2.47. The van der Waals surface area contributed by atoms with Gasteiger partial charge in [0.25, 0.3) is 5.91 Å². The van der Waals surface area contributed by atoms with Gasteiger partial charge in [-0.05, 0) is 50.3 Å². The van der Waals surface area contributed by atoms with Crippen molar-refractivity contribution in [3.8, 4) is 0 Å². The van der Waals surface area contributed by atoms with Crippen LogP contribution in [0.4, 0.5) is 5.69 Å². The molecule has 1 aromatic carbocycles. The molecule has 122 valence electrons. The maximum atomic E-state index is 12.5. The molecule has 4 nitrogen and oxygen atoms in total. The first-order chi connectivity index (χ1) is 10.5. The molecule has 0 unspecified atom stereocenters. The summed E-state index contributed by atoms with van der Waals surface area (Å²) < 4.78 is 0. The largest absolute Gasteiger partial charge is 0.393 e. The number of hydrogen-bond acceptors (Lipinski definition) is 4. The molecular weight excluding hydrogens is 296 g/mol. The number of thioether (sulfide) groups is 1. The molecule has 1 aliphatic rings. The molecule has 1 amide bonds. The Hall–Kier alpha value is -1.20. The molecule has 1 saturated heterocycles. The van der Waals surface area contributed by atoms with E-state index < -0.39 is 0 Å². The number of rotatable bonds is 5. The summed E-state index contributed by atoms with van der Waals surface area (Å²) in [6.45, 7) is 3.82. The fourth-order valence-corrected chi connectivity index (χ4v) is 3.40. The van der Waals surface area contributed by atoms with E-state index in [2.05, 4.69) is 18.1 Å². The summed E-state index contributed by atoms with van der Waals surface area (Å²) in [6.07, 6.45) is 3.52. The molecule has 22 heavy (non-hydrogen) atoms. The van der Waals surface area contributed by atoms with Crippen LogP contribution < -0.4 is 4.90 Å². The Labute approximate surface area is 137 Å². The van der Waals surface area contributed by atoms with Gasteiger partial charge in [-0.2, -0.15) is 11.8 Å². The van der Waals surface area contributed by atoms with Crippen LogP contribution in [0, 0.1) is 0 Å². The van der Waals surface area contributed by atoms with Crippen molar-refractivity contribution in [2.24, 2.45) is 0 Å². The topological polar surface area (TPSA) is 43.8 Å². The van der Waals surface area contributed by atoms with Crippen LogP contribution >= 0.6 is 11.8 Å². The van der Waals surface area contributed by atoms with Crippen molar-refractivity contribution >= 4 is 23.4 Å². The Morgan fingerprint density at radius 3 is 2.50 bits per heavy atom. The second kappa shape index (κ2) is 7.88. The quantitative estimate of drug-likeness (QED) is 0.904. The zero-order valence-electron chi connectivity index (χ0n) is 13.7. The summed E-state index contributed by atoms with van der Waals surface area (Å²) >= 11 is 1.75. The molecule has 0 saturated carbocycles. The lowest BCUT2D eigenvalue weighted by Crippen LogP contribution is -2.37. The fourth-order valence-electron chi connectivity index (χ4n) is 2.70. The molecule has 0 aliphatic carbocycles. The SMILES string of the molecule is CSC[C@@H](C)N(C)C(=O)c1ccc(N2CCC(O)CC2)cc1. The zero-order valence-corrected chi connectivity index (χ0v) is 14.5. The number of carbonyl (C=O) groups is 1. The van der Waals surface area contributed by atoms with Crippen LogP contribution in [0.25, 0.3) is 0 Å². The minimum absolute atomic E-state index is 0.0715. The van der Waals surface area contributed by atoms with Crippen LogP contribution in [0.2, 0.25) is 0 Å². The molecule has 1 aliphatic heterocycles. The molecule has 2 rings (SSSR count). The number of anilines is 1. The van der Waals surface area contributed by atoms with E-state index >= 15 is 0 Å². The van der Waals surface area contributed by atoms with Crippen molar-refractivity contribution in [1.29, 1.82) is 0 Å². The summed E-state index contributed by atoms with van der Waals surface area (Å²) in [5, 5.41) is 9.57. The number of nitrogens with zero attached hydrogens (tertiary/aromatic N) is 2. The smallest absolute Gasteiger partial charge is 0.253 e. The van der Waals surface area contributed by atoms with E-state index in [4.69, 9.17) is 0 Å². The van der Waals surface area contributed by atoms with E-state index in [-0.39, 0.29) is 18.1 Å². The van der Waals surface area contributed by atoms with Gasteiger partial charge in [0.05, 0.1) is 6.10 Å². The van der Waals surface area contributed by atoms with E-state index in [1.165, 1.54) is 0 Å². The second-order valence-corrected chi connectivity index (χ2v) is 6.90. The summed E-state index contributed by atoms with van der Waals surface area (Å²) in [4.78, 5) is 16.5. The van der Waals surface area contributed by atoms with Crippen molar-refractivity contribution in [2.75, 3.05) is 37.0 Å². The molecule has 0 radical (unpaired) electrons. The van der Waals surface area contributed by atoms with Crippen molar-refractivity contribution in [2.45, 2.75) is 31.9 Å². The van der Waals surface area contributed by atoms with Gasteiger partial charge in [-0.3, -0.25) is 4.79 Å². The first-order valence-corrected chi connectivity index (χ1v) is 9.21. The van der Waals surface area contributed by atoms with Crippen molar-refractivity contribution < 1.29 is 9.90 Å². The molecular formula is C17H26N2O2S. The predicted molar refractivity (Wildman–Crippen MR) is 93.8 cm³/mol. The van der Waals surface area contributed by atoms with Crippen molar-refractivity contribution in [3.05, 3.63) is 29.8 Å². The van der Waals surface area contributed by atoms with Crippen LogP contribution in [0.15, 0.2) is 24.3 Å². The zero-order chi connectivity index (χ0) is 16.1. The standard InChI is InChI=1S/C17H26N2O2S/c1-13(12-22-3)18(2)17(21)14-4-6-15(7-5-14)19-10-8-16(20)9-11-19/h4-7,13,16,20H,8-12H2,1-3H3/t13-/m1/s1. The van der Waals surface area contributed by atoms with Gasteiger partial charge in [0.15, 0.2) is 0 Å². The Kier molecular flexibility index (Phi) is 6.15. The minimum Gasteiger partial charge on any atom is -0.393 e. The van der Waals surface area contributed by atoms with Gasteiger partial charge in [0.2, 0.25) is 0 Å². The molecule has 0 spiro atoms. The van der Waals surface area contributed by atoms with Crippen molar-refractivity contribution in [3.63, 3.8) is 0 Å². The van der Waals surface area contributed by atoms with Gasteiger partial charge < -0.3 is 14.9 Å². The fraction of sp³-hybridized carbons (Fsp3) is 0.588. The lowest BCUT2D eigenvalue weighted by atomic mass is 10.1. The van der Waals surface area contributed by atoms with Crippen LogP contribution in [0.1, 0.15) is 30.1 Å². The second-order valence-electron chi connectivity index (χ2n) is 5.99. The highest BCUT2D eigenvalue weighted by Crippen LogP contribution is 2.21. The highest BCUT2D eigenvalue weighted by molar-refractivity contribution is 7.98. The number of aliphatic hydroxyl groups is 1. The van der Waals surface area contributed by atoms with Crippen LogP contribution in [0.5, 0.6) is 0 Å². The third kappa shape index (κ3) is 4.17. The summed E-state index contributed by atoms with van der Waals surface area (Å²) in [5.41, 5.74) is 1.86. The van der Waals surface area contributed by atoms with Crippen molar-refractivity contribution in [1.82, 2.24) is 4.90 Å². The van der Waals surface area contributed by atoms with E-state index in [0.29, 0.717) is 0 Å². The maximum Gasteiger partial charge on any atom is 0.253 e. The van der Waals surface area contributed by atoms with Gasteiger partial charge in [-0.15, -0.1) is 0 Å². The molecule has 1 N–H and O–H groups in total. The highest BCUT2D eigenvalue weighted by atomic mass is 32.2. The molecule has 1 fully saturated rings. The number of piperidine rings is 1. The maximum absolute atomic E-state index is 12.5. The Morgan fingerprint density at radius 2 is 1.95 bits per heavy atom. The number of hydrogen-bond donors (Lipinski definition) is 1. The average Bonchev–Trinajstić information content (AvgIpc) is 2.54. The molecule has 0 aromatic heterocycles. The number of carbonyl (C=O) groups excluding carboxylic acids is 1. The first kappa shape index (κ1) is 17.2. The monoisotopic (exact) mass is 322 g/mol. The molecule has 1 atom stereocenters. The molecule has 1 heterocycles. The number of aliphatic hydroxyl groups excluding tert-OH is 1. The van der Waals surface area contributed by atoms with E-state index in [1.54, 1.807) is 11.8 Å². The first-order valence-electron chi connectivity index (χ1n) is 7.82. The van der Waals surface area contributed by atoms with E-state index in [0.717, 1.165) is 42.9 Å². The van der Waals surface area contributed by atoms with Gasteiger partial charge >= 0.3 is 0 Å². The van der Waals surface area contributed by atoms with Gasteiger partial charge in [-0.25, -0.2) is 0 Å². The van der Waals surface area contributed by atoms with Gasteiger partial charge in [0.1, 0.15) is 0 Å². The normalized spacial score (nSPS) is 17.4. The molecule has 0 bridgehead atoms. The lowest BCUT2D eigenvalue weighted by molar-refractivity contribution is 0.0757. The Bertz CT molecular complexity index is 484. The molecule has 5 heteroatoms. The summed E-state index contributed by atoms with van der Waals surface area (Å²) in [6, 6.07) is 8.07. The Morgan fingerprint density at radius 1 is 1.36 bits per heavy atom. The third-order valence-corrected chi connectivity index (χ3v) is 5.15. The summed E-state index contributed by atoms with van der Waals surface area (Å²) in [5.74, 6) is 1.01. The third-order valence-electron chi connectivity index (χ3n) is 4.33. The van der Waals surface area contributed by atoms with Gasteiger partial charge in [0, 0.05) is 43.2 Å². The average molecular weight is 322 g/mol. The minimum atomic E-state index is -0.163. The highest BCUT2D eigenvalue weighted by Gasteiger charge is 2.19. The number of amides is 1. The van der Waals surface area contributed by atoms with Gasteiger partial charge in [-0.1, -0.05) is 0 Å². The van der Waals surface area contributed by atoms with E-state index in [9.17, 15) is 9.90 Å². The van der Waals surface area contributed by atoms with Crippen LogP contribution in [-0.2, 0) is 0 Å². The van der Waals surface area contributed by atoms with Crippen LogP contribution in [0.3, 0.4) is 0 Å².